The standard InChI is InChI=1S/C21H28N4O2.C20H26N4O2.C18H22N4O/c1-3-18-11-7-8-16(2)19(18)24-21(26)25-20(22)23-13-15-27-14-12-17-9-5-4-6-10-17;1-3-17-11-7-8-15(2)18(17)23-20(25)24-19(21)22-12-13-26-14-16-9-5-4-6-10-16;1-3-15-11-7-8-13(2)16(15)21-18(23)22-17(19)20-12-14-9-5-4-6-10-14/h4-11H,3,12-15H2,1-2H3,(H4,22,23,24,25,26);4-11H,3,12-14H2,1-2H3,(H4,21,22,23,24,25);4-11H,3,12H2,1-2H3,(H4,19,20,21,22,23). The van der Waals surface area contributed by atoms with E-state index in [1.807, 2.05) is 175 Å². The molecule has 0 radical (unpaired) electrons. The van der Waals surface area contributed by atoms with Crippen molar-refractivity contribution < 1.29 is 23.9 Å². The number of nitrogens with one attached hydrogen (secondary N) is 6. The molecule has 0 bridgehead atoms. The van der Waals surface area contributed by atoms with Gasteiger partial charge in [-0.05, 0) is 96.5 Å². The highest BCUT2D eigenvalue weighted by Crippen LogP contribution is 2.23. The Labute approximate surface area is 448 Å². The monoisotopic (exact) mass is 1030 g/mol. The second kappa shape index (κ2) is 34.0. The Balaban J connectivity index is 0.000000247. The Kier molecular flexibility index (Phi) is 26.9. The van der Waals surface area contributed by atoms with Gasteiger partial charge in [-0.15, -0.1) is 0 Å². The molecule has 6 rings (SSSR count). The van der Waals surface area contributed by atoms with Gasteiger partial charge >= 0.3 is 18.1 Å². The number of nitrogens with two attached hydrogens (primary N) is 3. The van der Waals surface area contributed by atoms with Crippen molar-refractivity contribution in [1.29, 1.82) is 0 Å². The van der Waals surface area contributed by atoms with Crippen LogP contribution in [-0.4, -0.2) is 68.9 Å². The molecule has 76 heavy (non-hydrogen) atoms. The molecule has 0 aliphatic heterocycles. The first-order valence-electron chi connectivity index (χ1n) is 25.5. The predicted octanol–water partition coefficient (Wildman–Crippen LogP) is 9.66. The maximum atomic E-state index is 12.1. The molecule has 0 saturated carbocycles. The number of para-hydroxylation sites is 3. The van der Waals surface area contributed by atoms with Gasteiger partial charge in [0.1, 0.15) is 0 Å². The quantitative estimate of drug-likeness (QED) is 0.0214. The molecule has 0 unspecified atom stereocenters. The summed E-state index contributed by atoms with van der Waals surface area (Å²) in [5.41, 5.74) is 29.4. The van der Waals surface area contributed by atoms with Crippen molar-refractivity contribution in [2.24, 2.45) is 32.2 Å². The van der Waals surface area contributed by atoms with E-state index in [4.69, 9.17) is 26.7 Å². The predicted molar refractivity (Wildman–Crippen MR) is 310 cm³/mol. The van der Waals surface area contributed by atoms with E-state index in [9.17, 15) is 14.4 Å². The Hall–Kier alpha value is -8.54. The van der Waals surface area contributed by atoms with Crippen molar-refractivity contribution in [2.45, 2.75) is 80.4 Å². The number of aryl methyl sites for hydroxylation is 6. The van der Waals surface area contributed by atoms with Gasteiger partial charge in [0.2, 0.25) is 0 Å². The molecular formula is C59H76N12O5. The first-order chi connectivity index (χ1) is 36.8. The molecule has 402 valence electrons. The van der Waals surface area contributed by atoms with Gasteiger partial charge in [-0.2, -0.15) is 0 Å². The third-order valence-electron chi connectivity index (χ3n) is 11.5. The number of guanidine groups is 3. The molecule has 0 saturated heterocycles. The highest BCUT2D eigenvalue weighted by Gasteiger charge is 2.12. The Bertz CT molecular complexity index is 2810. The van der Waals surface area contributed by atoms with Crippen LogP contribution in [0.5, 0.6) is 0 Å². The molecule has 0 spiro atoms. The first-order valence-corrected chi connectivity index (χ1v) is 25.5. The number of anilines is 3. The molecule has 0 aliphatic carbocycles. The highest BCUT2D eigenvalue weighted by atomic mass is 16.5. The van der Waals surface area contributed by atoms with Gasteiger partial charge in [0.05, 0.1) is 46.1 Å². The zero-order valence-electron chi connectivity index (χ0n) is 44.7. The van der Waals surface area contributed by atoms with E-state index < -0.39 is 12.1 Å². The second-order valence-corrected chi connectivity index (χ2v) is 17.2. The lowest BCUT2D eigenvalue weighted by molar-refractivity contribution is 0.128. The lowest BCUT2D eigenvalue weighted by Gasteiger charge is -2.13. The third kappa shape index (κ3) is 22.7. The molecule has 0 aromatic heterocycles. The number of urea groups is 3. The number of carbonyl (C=O) groups is 3. The van der Waals surface area contributed by atoms with Crippen LogP contribution in [-0.2, 0) is 48.3 Å². The minimum Gasteiger partial charge on any atom is -0.379 e. The lowest BCUT2D eigenvalue weighted by atomic mass is 10.1. The van der Waals surface area contributed by atoms with Gasteiger partial charge in [0, 0.05) is 17.1 Å². The van der Waals surface area contributed by atoms with Gasteiger partial charge in [-0.25, -0.2) is 19.4 Å². The molecule has 0 aliphatic rings. The maximum Gasteiger partial charge on any atom is 0.326 e. The molecule has 6 aromatic carbocycles. The van der Waals surface area contributed by atoms with Gasteiger partial charge in [0.15, 0.2) is 17.9 Å². The molecule has 0 heterocycles. The fourth-order valence-corrected chi connectivity index (χ4v) is 7.43. The van der Waals surface area contributed by atoms with Crippen molar-refractivity contribution in [1.82, 2.24) is 16.0 Å². The number of amides is 6. The molecule has 17 nitrogen and oxygen atoms in total. The summed E-state index contributed by atoms with van der Waals surface area (Å²) in [6.45, 7) is 15.2. The van der Waals surface area contributed by atoms with E-state index in [1.54, 1.807) is 0 Å². The fourth-order valence-electron chi connectivity index (χ4n) is 7.43. The number of hydrogen-bond donors (Lipinski definition) is 9. The van der Waals surface area contributed by atoms with Crippen LogP contribution in [0, 0.1) is 20.8 Å². The zero-order valence-corrected chi connectivity index (χ0v) is 44.7. The van der Waals surface area contributed by atoms with Crippen LogP contribution in [0.2, 0.25) is 0 Å². The van der Waals surface area contributed by atoms with E-state index in [0.717, 1.165) is 87.3 Å². The Morgan fingerprint density at radius 2 is 0.776 bits per heavy atom. The fraction of sp³-hybridized carbons (Fsp3) is 0.288. The van der Waals surface area contributed by atoms with Gasteiger partial charge in [-0.3, -0.25) is 25.9 Å². The minimum absolute atomic E-state index is 0.0671. The normalized spacial score (nSPS) is 11.2. The van der Waals surface area contributed by atoms with E-state index in [2.05, 4.69) is 59.0 Å². The average Bonchev–Trinajstić information content (AvgIpc) is 3.42. The first kappa shape index (κ1) is 60.0. The lowest BCUT2D eigenvalue weighted by Crippen LogP contribution is -2.40. The summed E-state index contributed by atoms with van der Waals surface area (Å²) in [4.78, 5) is 48.7. The van der Waals surface area contributed by atoms with Crippen LogP contribution in [0.3, 0.4) is 0 Å². The van der Waals surface area contributed by atoms with E-state index in [-0.39, 0.29) is 23.9 Å². The van der Waals surface area contributed by atoms with Crippen LogP contribution >= 0.6 is 0 Å². The van der Waals surface area contributed by atoms with Crippen LogP contribution in [0.15, 0.2) is 161 Å². The number of carbonyl (C=O) groups excluding carboxylic acids is 3. The van der Waals surface area contributed by atoms with Crippen molar-refractivity contribution >= 4 is 53.0 Å². The second-order valence-electron chi connectivity index (χ2n) is 17.2. The topological polar surface area (TPSA) is 257 Å². The summed E-state index contributed by atoms with van der Waals surface area (Å²) in [7, 11) is 0. The SMILES string of the molecule is CCc1cccc(C)c1NC(=O)NC(N)=NCCOCCc1ccccc1.CCc1cccc(C)c1NC(=O)NC(N)=NCCOCc1ccccc1.CCc1cccc(C)c1NC(=O)NC(N)=NCc1ccccc1. The third-order valence-corrected chi connectivity index (χ3v) is 11.5. The van der Waals surface area contributed by atoms with Gasteiger partial charge in [-0.1, -0.05) is 166 Å². The van der Waals surface area contributed by atoms with E-state index in [1.165, 1.54) is 5.56 Å². The van der Waals surface area contributed by atoms with Crippen LogP contribution < -0.4 is 49.1 Å². The van der Waals surface area contributed by atoms with Crippen LogP contribution in [0.1, 0.15) is 70.8 Å². The molecule has 17 heteroatoms. The zero-order chi connectivity index (χ0) is 54.9. The van der Waals surface area contributed by atoms with E-state index in [0.29, 0.717) is 46.1 Å². The van der Waals surface area contributed by atoms with Crippen LogP contribution in [0.4, 0.5) is 31.4 Å². The summed E-state index contributed by atoms with van der Waals surface area (Å²) >= 11 is 0. The number of rotatable bonds is 19. The molecule has 12 N–H and O–H groups in total. The minimum atomic E-state index is -0.402. The maximum absolute atomic E-state index is 12.1. The molecule has 6 amide bonds. The van der Waals surface area contributed by atoms with Crippen molar-refractivity contribution in [3.05, 3.63) is 196 Å². The highest BCUT2D eigenvalue weighted by molar-refractivity contribution is 6.04. The summed E-state index contributed by atoms with van der Waals surface area (Å²) in [5, 5.41) is 16.2. The van der Waals surface area contributed by atoms with Gasteiger partial charge < -0.3 is 42.6 Å². The summed E-state index contributed by atoms with van der Waals surface area (Å²) in [6.07, 6.45) is 3.37. The number of benzene rings is 6. The number of hydrogen-bond acceptors (Lipinski definition) is 8. The smallest absolute Gasteiger partial charge is 0.326 e. The number of aliphatic imine (C=N–C) groups is 3. The Morgan fingerprint density at radius 3 is 1.17 bits per heavy atom. The summed E-state index contributed by atoms with van der Waals surface area (Å²) < 4.78 is 11.1. The van der Waals surface area contributed by atoms with Gasteiger partial charge in [0.25, 0.3) is 0 Å². The van der Waals surface area contributed by atoms with Crippen LogP contribution in [0.25, 0.3) is 0 Å². The molecule has 0 fully saturated rings. The average molecular weight is 1030 g/mol. The van der Waals surface area contributed by atoms with Crippen molar-refractivity contribution in [3.8, 4) is 0 Å². The molecule has 0 atom stereocenters. The Morgan fingerprint density at radius 1 is 0.421 bits per heavy atom. The molecule has 6 aromatic rings. The number of ether oxygens (including phenoxy) is 2. The van der Waals surface area contributed by atoms with Crippen molar-refractivity contribution in [3.63, 3.8) is 0 Å². The van der Waals surface area contributed by atoms with Crippen molar-refractivity contribution in [2.75, 3.05) is 48.9 Å². The molecular weight excluding hydrogens is 957 g/mol. The summed E-state index contributed by atoms with van der Waals surface area (Å²) in [5.74, 6) is 0.237. The number of nitrogens with zero attached hydrogens (tertiary/aromatic N) is 3. The summed E-state index contributed by atoms with van der Waals surface area (Å²) in [6, 6.07) is 46.4. The van der Waals surface area contributed by atoms with E-state index >= 15 is 0 Å². The largest absolute Gasteiger partial charge is 0.379 e.